The highest BCUT2D eigenvalue weighted by molar-refractivity contribution is 5.71. The van der Waals surface area contributed by atoms with Crippen LogP contribution >= 0.6 is 0 Å². The molecule has 0 fully saturated rings. The van der Waals surface area contributed by atoms with Crippen molar-refractivity contribution in [2.24, 2.45) is 0 Å². The first-order valence-corrected chi connectivity index (χ1v) is 30.8. The maximum Gasteiger partial charge on any atom is 0.306 e. The molecule has 0 unspecified atom stereocenters. The predicted molar refractivity (Wildman–Crippen MR) is 307 cm³/mol. The molecule has 0 aliphatic heterocycles. The van der Waals surface area contributed by atoms with Crippen LogP contribution in [0.4, 0.5) is 0 Å². The Morgan fingerprint density at radius 1 is 0.282 bits per heavy atom. The number of carbonyl (C=O) groups is 3. The average Bonchev–Trinajstić information content (AvgIpc) is 3.37. The minimum atomic E-state index is -0.787. The second-order valence-electron chi connectivity index (χ2n) is 20.6. The average molecular weight is 994 g/mol. The molecule has 0 aromatic carbocycles. The van der Waals surface area contributed by atoms with Crippen molar-refractivity contribution >= 4 is 17.9 Å². The summed E-state index contributed by atoms with van der Waals surface area (Å²) in [6.07, 6.45) is 75.0. The standard InChI is InChI=1S/C65H116O6/c1-4-7-10-13-16-19-22-25-28-30-31-32-33-35-38-41-44-47-50-53-56-59-65(68)71-62(60-69-63(66)57-54-51-48-45-42-39-36-27-24-21-18-15-12-9-6-3)61-70-64(67)58-55-52-49-46-43-40-37-34-29-26-23-20-17-14-11-8-5-2/h17,20,25-29,36-37,40,62H,4-16,18-19,21-24,30-35,38-39,41-61H2,1-3H3/b20-17-,28-25-,29-26-,36-27-,40-37-/t62-/m0/s1. The number of allylic oxidation sites excluding steroid dienone is 10. The fraction of sp³-hybridized carbons (Fsp3) is 0.800. The molecule has 6 heteroatoms. The highest BCUT2D eigenvalue weighted by Crippen LogP contribution is 2.16. The van der Waals surface area contributed by atoms with Gasteiger partial charge < -0.3 is 14.2 Å². The van der Waals surface area contributed by atoms with Crippen LogP contribution in [0.1, 0.15) is 316 Å². The summed E-state index contributed by atoms with van der Waals surface area (Å²) in [5, 5.41) is 0. The second-order valence-corrected chi connectivity index (χ2v) is 20.6. The van der Waals surface area contributed by atoms with E-state index in [1.54, 1.807) is 0 Å². The molecule has 0 bridgehead atoms. The van der Waals surface area contributed by atoms with E-state index in [2.05, 4.69) is 81.5 Å². The van der Waals surface area contributed by atoms with Gasteiger partial charge in [-0.15, -0.1) is 0 Å². The number of hydrogen-bond donors (Lipinski definition) is 0. The second kappa shape index (κ2) is 59.7. The maximum atomic E-state index is 12.9. The Morgan fingerprint density at radius 3 is 0.831 bits per heavy atom. The minimum absolute atomic E-state index is 0.0846. The Morgan fingerprint density at radius 2 is 0.507 bits per heavy atom. The van der Waals surface area contributed by atoms with Crippen molar-refractivity contribution in [1.29, 1.82) is 0 Å². The summed E-state index contributed by atoms with van der Waals surface area (Å²) in [6.45, 7) is 6.61. The van der Waals surface area contributed by atoms with Gasteiger partial charge in [0.25, 0.3) is 0 Å². The quantitative estimate of drug-likeness (QED) is 0.0261. The number of hydrogen-bond acceptors (Lipinski definition) is 6. The predicted octanol–water partition coefficient (Wildman–Crippen LogP) is 20.8. The summed E-state index contributed by atoms with van der Waals surface area (Å²) in [7, 11) is 0. The third-order valence-corrected chi connectivity index (χ3v) is 13.5. The van der Waals surface area contributed by atoms with Crippen LogP contribution in [-0.2, 0) is 28.6 Å². The van der Waals surface area contributed by atoms with Gasteiger partial charge in [-0.1, -0.05) is 248 Å². The van der Waals surface area contributed by atoms with Gasteiger partial charge in [0.15, 0.2) is 6.10 Å². The van der Waals surface area contributed by atoms with Crippen molar-refractivity contribution in [2.45, 2.75) is 322 Å². The van der Waals surface area contributed by atoms with Crippen LogP contribution < -0.4 is 0 Å². The largest absolute Gasteiger partial charge is 0.462 e. The van der Waals surface area contributed by atoms with Crippen LogP contribution in [0.25, 0.3) is 0 Å². The lowest BCUT2D eigenvalue weighted by molar-refractivity contribution is -0.167. The molecular weight excluding hydrogens is 877 g/mol. The Balaban J connectivity index is 4.39. The zero-order valence-electron chi connectivity index (χ0n) is 47.2. The van der Waals surface area contributed by atoms with Crippen molar-refractivity contribution in [2.75, 3.05) is 13.2 Å². The normalized spacial score (nSPS) is 12.4. The Hall–Kier alpha value is -2.89. The molecular formula is C65H116O6. The SMILES string of the molecule is CCCCC/C=C\C/C=C\C/C=C\CCCCCCC(=O)OC[C@H](COC(=O)CCCCCCC/C=C\CCCCCCCC)OC(=O)CCCCCCCCCCCCC/C=C\CCCCCCCC. The molecule has 412 valence electrons. The number of rotatable bonds is 56. The molecule has 6 nitrogen and oxygen atoms in total. The highest BCUT2D eigenvalue weighted by Gasteiger charge is 2.19. The fourth-order valence-corrected chi connectivity index (χ4v) is 8.79. The lowest BCUT2D eigenvalue weighted by Crippen LogP contribution is -2.30. The van der Waals surface area contributed by atoms with Gasteiger partial charge in [0, 0.05) is 19.3 Å². The minimum Gasteiger partial charge on any atom is -0.462 e. The van der Waals surface area contributed by atoms with Gasteiger partial charge in [0.05, 0.1) is 0 Å². The zero-order chi connectivity index (χ0) is 51.4. The van der Waals surface area contributed by atoms with E-state index in [-0.39, 0.29) is 31.1 Å². The Bertz CT molecular complexity index is 1280. The molecule has 0 saturated heterocycles. The van der Waals surface area contributed by atoms with Gasteiger partial charge in [0.1, 0.15) is 13.2 Å². The number of ether oxygens (including phenoxy) is 3. The van der Waals surface area contributed by atoms with Gasteiger partial charge in [-0.2, -0.15) is 0 Å². The van der Waals surface area contributed by atoms with Crippen molar-refractivity contribution in [3.8, 4) is 0 Å². The molecule has 0 aliphatic rings. The van der Waals surface area contributed by atoms with Crippen LogP contribution in [0, 0.1) is 0 Å². The van der Waals surface area contributed by atoms with Gasteiger partial charge in [0.2, 0.25) is 0 Å². The Labute approximate surface area is 440 Å². The van der Waals surface area contributed by atoms with E-state index in [1.165, 1.54) is 186 Å². The summed E-state index contributed by atoms with van der Waals surface area (Å²) in [5.41, 5.74) is 0. The number of unbranched alkanes of at least 4 members (excludes halogenated alkanes) is 35. The van der Waals surface area contributed by atoms with Crippen molar-refractivity contribution in [3.05, 3.63) is 60.8 Å². The van der Waals surface area contributed by atoms with E-state index < -0.39 is 6.10 Å². The van der Waals surface area contributed by atoms with E-state index in [1.807, 2.05) is 0 Å². The van der Waals surface area contributed by atoms with Crippen LogP contribution in [0.2, 0.25) is 0 Å². The summed E-state index contributed by atoms with van der Waals surface area (Å²) in [4.78, 5) is 38.2. The zero-order valence-corrected chi connectivity index (χ0v) is 47.2. The van der Waals surface area contributed by atoms with E-state index >= 15 is 0 Å². The van der Waals surface area contributed by atoms with Crippen LogP contribution in [0.5, 0.6) is 0 Å². The summed E-state index contributed by atoms with van der Waals surface area (Å²) >= 11 is 0. The molecule has 71 heavy (non-hydrogen) atoms. The smallest absolute Gasteiger partial charge is 0.306 e. The molecule has 0 aliphatic carbocycles. The molecule has 0 N–H and O–H groups in total. The number of carbonyl (C=O) groups excluding carboxylic acids is 3. The first kappa shape index (κ1) is 68.1. The third-order valence-electron chi connectivity index (χ3n) is 13.5. The van der Waals surface area contributed by atoms with Gasteiger partial charge >= 0.3 is 17.9 Å². The van der Waals surface area contributed by atoms with E-state index in [0.29, 0.717) is 19.3 Å². The molecule has 0 spiro atoms. The maximum absolute atomic E-state index is 12.9. The molecule has 0 heterocycles. The van der Waals surface area contributed by atoms with E-state index in [9.17, 15) is 14.4 Å². The fourth-order valence-electron chi connectivity index (χ4n) is 8.79. The molecule has 0 rings (SSSR count). The molecule has 0 aromatic heterocycles. The summed E-state index contributed by atoms with van der Waals surface area (Å²) in [5.74, 6) is -0.901. The van der Waals surface area contributed by atoms with Crippen LogP contribution in [-0.4, -0.2) is 37.2 Å². The lowest BCUT2D eigenvalue weighted by atomic mass is 10.0. The lowest BCUT2D eigenvalue weighted by Gasteiger charge is -2.18. The molecule has 0 aromatic rings. The van der Waals surface area contributed by atoms with Crippen LogP contribution in [0.3, 0.4) is 0 Å². The first-order valence-electron chi connectivity index (χ1n) is 30.8. The van der Waals surface area contributed by atoms with E-state index in [0.717, 1.165) is 89.9 Å². The van der Waals surface area contributed by atoms with E-state index in [4.69, 9.17) is 14.2 Å². The Kier molecular flexibility index (Phi) is 57.2. The van der Waals surface area contributed by atoms with Gasteiger partial charge in [-0.3, -0.25) is 14.4 Å². The highest BCUT2D eigenvalue weighted by atomic mass is 16.6. The number of esters is 3. The van der Waals surface area contributed by atoms with Gasteiger partial charge in [-0.25, -0.2) is 0 Å². The molecule has 0 saturated carbocycles. The molecule has 1 atom stereocenters. The van der Waals surface area contributed by atoms with Crippen molar-refractivity contribution in [3.63, 3.8) is 0 Å². The summed E-state index contributed by atoms with van der Waals surface area (Å²) < 4.78 is 16.9. The molecule has 0 radical (unpaired) electrons. The first-order chi connectivity index (χ1) is 35.0. The topological polar surface area (TPSA) is 78.9 Å². The van der Waals surface area contributed by atoms with Crippen molar-refractivity contribution in [1.82, 2.24) is 0 Å². The van der Waals surface area contributed by atoms with Crippen LogP contribution in [0.15, 0.2) is 60.8 Å². The van der Waals surface area contributed by atoms with Gasteiger partial charge in [-0.05, 0) is 109 Å². The summed E-state index contributed by atoms with van der Waals surface area (Å²) in [6, 6.07) is 0. The third kappa shape index (κ3) is 57.9. The molecule has 0 amide bonds. The monoisotopic (exact) mass is 993 g/mol. The van der Waals surface area contributed by atoms with Crippen molar-refractivity contribution < 1.29 is 28.6 Å².